The Morgan fingerprint density at radius 3 is 2.47 bits per heavy atom. The molecule has 0 fully saturated rings. The Kier molecular flexibility index (Phi) is 5.67. The number of urea groups is 1. The van der Waals surface area contributed by atoms with Gasteiger partial charge in [0.15, 0.2) is 0 Å². The van der Waals surface area contributed by atoms with Crippen LogP contribution in [-0.4, -0.2) is 30.6 Å². The molecule has 0 radical (unpaired) electrons. The van der Waals surface area contributed by atoms with Crippen LogP contribution in [0.3, 0.4) is 0 Å². The maximum atomic E-state index is 11.9. The predicted octanol–water partition coefficient (Wildman–Crippen LogP) is 3.67. The smallest absolute Gasteiger partial charge is 0.317 e. The van der Waals surface area contributed by atoms with Crippen LogP contribution in [0.5, 0.6) is 0 Å². The topological polar surface area (TPSA) is 32.3 Å². The quantitative estimate of drug-likeness (QED) is 0.878. The molecule has 1 rings (SSSR count). The molecule has 0 saturated heterocycles. The molecule has 0 heterocycles. The highest BCUT2D eigenvalue weighted by Gasteiger charge is 2.22. The molecular formula is C15H23ClN2O. The van der Waals surface area contributed by atoms with Crippen LogP contribution in [-0.2, 0) is 5.41 Å². The molecule has 0 aliphatic carbocycles. The average Bonchev–Trinajstić information content (AvgIpc) is 2.38. The first-order chi connectivity index (χ1) is 8.90. The monoisotopic (exact) mass is 282 g/mol. The molecular weight excluding hydrogens is 260 g/mol. The SMILES string of the molecule is CCN(CC)C(=O)NCC(C)(C)c1cccc(Cl)c1. The Bertz CT molecular complexity index is 428. The van der Waals surface area contributed by atoms with E-state index >= 15 is 0 Å². The first-order valence-electron chi connectivity index (χ1n) is 6.69. The fourth-order valence-electron chi connectivity index (χ4n) is 1.93. The summed E-state index contributed by atoms with van der Waals surface area (Å²) in [5, 5.41) is 3.71. The van der Waals surface area contributed by atoms with Gasteiger partial charge in [-0.25, -0.2) is 4.79 Å². The number of nitrogens with one attached hydrogen (secondary N) is 1. The van der Waals surface area contributed by atoms with Gasteiger partial charge in [-0.2, -0.15) is 0 Å². The minimum absolute atomic E-state index is 0.0138. The molecule has 0 bridgehead atoms. The van der Waals surface area contributed by atoms with Gasteiger partial charge in [-0.05, 0) is 31.5 Å². The van der Waals surface area contributed by atoms with Crippen LogP contribution < -0.4 is 5.32 Å². The first kappa shape index (κ1) is 15.8. The normalized spacial score (nSPS) is 11.2. The predicted molar refractivity (Wildman–Crippen MR) is 80.8 cm³/mol. The number of carbonyl (C=O) groups excluding carboxylic acids is 1. The molecule has 0 aliphatic rings. The summed E-state index contributed by atoms with van der Waals surface area (Å²) >= 11 is 6.01. The zero-order valence-electron chi connectivity index (χ0n) is 12.2. The van der Waals surface area contributed by atoms with Crippen molar-refractivity contribution in [1.82, 2.24) is 10.2 Å². The summed E-state index contributed by atoms with van der Waals surface area (Å²) in [6.45, 7) is 10.2. The summed E-state index contributed by atoms with van der Waals surface area (Å²) in [6.07, 6.45) is 0. The Hall–Kier alpha value is -1.22. The van der Waals surface area contributed by atoms with E-state index in [9.17, 15) is 4.79 Å². The maximum Gasteiger partial charge on any atom is 0.317 e. The van der Waals surface area contributed by atoms with Gasteiger partial charge in [0.2, 0.25) is 0 Å². The van der Waals surface area contributed by atoms with Gasteiger partial charge < -0.3 is 10.2 Å². The highest BCUT2D eigenvalue weighted by Crippen LogP contribution is 2.24. The minimum atomic E-state index is -0.145. The van der Waals surface area contributed by atoms with E-state index in [-0.39, 0.29) is 11.4 Å². The van der Waals surface area contributed by atoms with Crippen molar-refractivity contribution in [1.29, 1.82) is 0 Å². The van der Waals surface area contributed by atoms with E-state index in [1.54, 1.807) is 4.90 Å². The lowest BCUT2D eigenvalue weighted by Crippen LogP contribution is -2.44. The lowest BCUT2D eigenvalue weighted by molar-refractivity contribution is 0.201. The fourth-order valence-corrected chi connectivity index (χ4v) is 2.12. The molecule has 1 N–H and O–H groups in total. The summed E-state index contributed by atoms with van der Waals surface area (Å²) in [7, 11) is 0. The molecule has 0 unspecified atom stereocenters. The van der Waals surface area contributed by atoms with Crippen LogP contribution in [0.25, 0.3) is 0 Å². The van der Waals surface area contributed by atoms with Crippen LogP contribution in [0.15, 0.2) is 24.3 Å². The molecule has 3 nitrogen and oxygen atoms in total. The Balaban J connectivity index is 2.67. The van der Waals surface area contributed by atoms with Crippen molar-refractivity contribution in [3.05, 3.63) is 34.9 Å². The molecule has 19 heavy (non-hydrogen) atoms. The zero-order chi connectivity index (χ0) is 14.5. The lowest BCUT2D eigenvalue weighted by atomic mass is 9.84. The van der Waals surface area contributed by atoms with Crippen LogP contribution in [0.1, 0.15) is 33.3 Å². The number of amides is 2. The molecule has 0 saturated carbocycles. The maximum absolute atomic E-state index is 11.9. The van der Waals surface area contributed by atoms with E-state index in [2.05, 4.69) is 19.2 Å². The molecule has 2 amide bonds. The van der Waals surface area contributed by atoms with Crippen molar-refractivity contribution in [3.8, 4) is 0 Å². The molecule has 4 heteroatoms. The zero-order valence-corrected chi connectivity index (χ0v) is 12.9. The van der Waals surface area contributed by atoms with Gasteiger partial charge in [-0.15, -0.1) is 0 Å². The second-order valence-electron chi connectivity index (χ2n) is 5.23. The number of rotatable bonds is 5. The Morgan fingerprint density at radius 1 is 1.32 bits per heavy atom. The van der Waals surface area contributed by atoms with Crippen molar-refractivity contribution >= 4 is 17.6 Å². The Labute approximate surface area is 120 Å². The van der Waals surface area contributed by atoms with Crippen molar-refractivity contribution < 1.29 is 4.79 Å². The highest BCUT2D eigenvalue weighted by molar-refractivity contribution is 6.30. The van der Waals surface area contributed by atoms with Crippen LogP contribution in [0, 0.1) is 0 Å². The third kappa shape index (κ3) is 4.43. The van der Waals surface area contributed by atoms with Crippen LogP contribution in [0.2, 0.25) is 5.02 Å². The van der Waals surface area contributed by atoms with Gasteiger partial charge >= 0.3 is 6.03 Å². The fraction of sp³-hybridized carbons (Fsp3) is 0.533. The van der Waals surface area contributed by atoms with E-state index in [1.807, 2.05) is 38.1 Å². The summed E-state index contributed by atoms with van der Waals surface area (Å²) in [5.41, 5.74) is 0.980. The van der Waals surface area contributed by atoms with Gasteiger partial charge in [0.05, 0.1) is 0 Å². The van der Waals surface area contributed by atoms with Crippen LogP contribution in [0.4, 0.5) is 4.79 Å². The minimum Gasteiger partial charge on any atom is -0.337 e. The summed E-state index contributed by atoms with van der Waals surface area (Å²) < 4.78 is 0. The van der Waals surface area contributed by atoms with E-state index in [0.29, 0.717) is 6.54 Å². The average molecular weight is 283 g/mol. The third-order valence-electron chi connectivity index (χ3n) is 3.34. The molecule has 0 atom stereocenters. The van der Waals surface area contributed by atoms with E-state index in [1.165, 1.54) is 0 Å². The van der Waals surface area contributed by atoms with E-state index < -0.39 is 0 Å². The van der Waals surface area contributed by atoms with Crippen molar-refractivity contribution in [3.63, 3.8) is 0 Å². The second kappa shape index (κ2) is 6.80. The molecule has 0 aromatic heterocycles. The van der Waals surface area contributed by atoms with Gasteiger partial charge in [-0.3, -0.25) is 0 Å². The Morgan fingerprint density at radius 2 is 1.95 bits per heavy atom. The molecule has 0 aliphatic heterocycles. The van der Waals surface area contributed by atoms with E-state index in [0.717, 1.165) is 23.7 Å². The molecule has 1 aromatic rings. The summed E-state index contributed by atoms with van der Waals surface area (Å²) in [5.74, 6) is 0. The largest absolute Gasteiger partial charge is 0.337 e. The number of halogens is 1. The summed E-state index contributed by atoms with van der Waals surface area (Å²) in [6, 6.07) is 7.77. The lowest BCUT2D eigenvalue weighted by Gasteiger charge is -2.28. The van der Waals surface area contributed by atoms with Crippen LogP contribution >= 0.6 is 11.6 Å². The summed E-state index contributed by atoms with van der Waals surface area (Å²) in [4.78, 5) is 13.7. The standard InChI is InChI=1S/C15H23ClN2O/c1-5-18(6-2)14(19)17-11-15(3,4)12-8-7-9-13(16)10-12/h7-10H,5-6,11H2,1-4H3,(H,17,19). The number of hydrogen-bond donors (Lipinski definition) is 1. The number of nitrogens with zero attached hydrogens (tertiary/aromatic N) is 1. The van der Waals surface area contributed by atoms with Gasteiger partial charge in [0.1, 0.15) is 0 Å². The van der Waals surface area contributed by atoms with Gasteiger partial charge in [-0.1, -0.05) is 37.6 Å². The first-order valence-corrected chi connectivity index (χ1v) is 7.07. The number of hydrogen-bond acceptors (Lipinski definition) is 1. The molecule has 106 valence electrons. The van der Waals surface area contributed by atoms with Crippen molar-refractivity contribution in [2.24, 2.45) is 0 Å². The van der Waals surface area contributed by atoms with Gasteiger partial charge in [0.25, 0.3) is 0 Å². The van der Waals surface area contributed by atoms with Crippen molar-refractivity contribution in [2.75, 3.05) is 19.6 Å². The number of benzene rings is 1. The third-order valence-corrected chi connectivity index (χ3v) is 3.57. The number of carbonyl (C=O) groups is 1. The molecule has 1 aromatic carbocycles. The highest BCUT2D eigenvalue weighted by atomic mass is 35.5. The van der Waals surface area contributed by atoms with E-state index in [4.69, 9.17) is 11.6 Å². The van der Waals surface area contributed by atoms with Crippen molar-refractivity contribution in [2.45, 2.75) is 33.1 Å². The van der Waals surface area contributed by atoms with Gasteiger partial charge in [0, 0.05) is 30.1 Å². The second-order valence-corrected chi connectivity index (χ2v) is 5.66. The molecule has 0 spiro atoms.